The Morgan fingerprint density at radius 3 is 2.76 bits per heavy atom. The van der Waals surface area contributed by atoms with Crippen molar-refractivity contribution in [1.29, 1.82) is 0 Å². The third kappa shape index (κ3) is 4.11. The van der Waals surface area contributed by atoms with Crippen LogP contribution in [0.25, 0.3) is 0 Å². The summed E-state index contributed by atoms with van der Waals surface area (Å²) in [4.78, 5) is 2.36. The normalized spacial score (nSPS) is 20.4. The van der Waals surface area contributed by atoms with Crippen molar-refractivity contribution in [2.45, 2.75) is 26.0 Å². The number of rotatable bonds is 4. The number of ether oxygens (including phenoxy) is 1. The van der Waals surface area contributed by atoms with E-state index in [1.165, 1.54) is 5.56 Å². The Labute approximate surface area is 104 Å². The molecule has 0 atom stereocenters. The van der Waals surface area contributed by atoms with Crippen molar-refractivity contribution in [1.82, 2.24) is 10.2 Å². The molecule has 1 aromatic rings. The van der Waals surface area contributed by atoms with Crippen molar-refractivity contribution in [2.24, 2.45) is 0 Å². The molecule has 1 saturated heterocycles. The predicted octanol–water partition coefficient (Wildman–Crippen LogP) is 1.84. The van der Waals surface area contributed by atoms with Gasteiger partial charge in [-0.1, -0.05) is 30.3 Å². The Bertz CT molecular complexity index is 337. The molecule has 0 aliphatic carbocycles. The van der Waals surface area contributed by atoms with E-state index in [1.807, 2.05) is 18.2 Å². The number of nitrogens with zero attached hydrogens (tertiary/aromatic N) is 1. The monoisotopic (exact) mass is 234 g/mol. The smallest absolute Gasteiger partial charge is 0.0995 e. The van der Waals surface area contributed by atoms with Crippen molar-refractivity contribution >= 4 is 0 Å². The molecule has 1 aromatic carbocycles. The molecule has 3 heteroatoms. The summed E-state index contributed by atoms with van der Waals surface area (Å²) < 4.78 is 5.75. The van der Waals surface area contributed by atoms with Crippen molar-refractivity contribution in [3.05, 3.63) is 35.9 Å². The highest BCUT2D eigenvalue weighted by atomic mass is 16.5. The van der Waals surface area contributed by atoms with Crippen LogP contribution in [0.3, 0.4) is 0 Å². The van der Waals surface area contributed by atoms with Crippen molar-refractivity contribution in [3.8, 4) is 0 Å². The van der Waals surface area contributed by atoms with Crippen LogP contribution < -0.4 is 5.32 Å². The highest BCUT2D eigenvalue weighted by molar-refractivity contribution is 5.13. The second kappa shape index (κ2) is 5.63. The molecule has 1 aliphatic heterocycles. The first-order valence-corrected chi connectivity index (χ1v) is 6.25. The predicted molar refractivity (Wildman–Crippen MR) is 69.8 cm³/mol. The fourth-order valence-electron chi connectivity index (χ4n) is 2.22. The van der Waals surface area contributed by atoms with Crippen LogP contribution >= 0.6 is 0 Å². The quantitative estimate of drug-likeness (QED) is 0.860. The van der Waals surface area contributed by atoms with Gasteiger partial charge in [0.25, 0.3) is 0 Å². The molecule has 2 rings (SSSR count). The molecular weight excluding hydrogens is 212 g/mol. The number of piperazine rings is 1. The van der Waals surface area contributed by atoms with Gasteiger partial charge in [0.2, 0.25) is 0 Å². The summed E-state index contributed by atoms with van der Waals surface area (Å²) in [5, 5.41) is 3.50. The summed E-state index contributed by atoms with van der Waals surface area (Å²) in [6, 6.07) is 10.3. The van der Waals surface area contributed by atoms with Gasteiger partial charge >= 0.3 is 0 Å². The van der Waals surface area contributed by atoms with Gasteiger partial charge in [-0.25, -0.2) is 0 Å². The minimum Gasteiger partial charge on any atom is -0.361 e. The highest BCUT2D eigenvalue weighted by Crippen LogP contribution is 2.10. The van der Waals surface area contributed by atoms with Crippen LogP contribution in [-0.2, 0) is 11.3 Å². The van der Waals surface area contributed by atoms with Crippen LogP contribution in [-0.4, -0.2) is 36.8 Å². The van der Waals surface area contributed by atoms with E-state index in [0.717, 1.165) is 26.4 Å². The molecule has 1 aliphatic rings. The minimum absolute atomic E-state index is 0.203. The first-order valence-electron chi connectivity index (χ1n) is 6.25. The zero-order valence-corrected chi connectivity index (χ0v) is 10.8. The molecule has 0 saturated carbocycles. The standard InChI is InChI=1S/C14H22N2O/c1-14(2)11-16(9-8-15-14)12-17-10-13-6-4-3-5-7-13/h3-7,15H,8-12H2,1-2H3. The largest absolute Gasteiger partial charge is 0.361 e. The number of benzene rings is 1. The average molecular weight is 234 g/mol. The van der Waals surface area contributed by atoms with Crippen LogP contribution in [0.1, 0.15) is 19.4 Å². The van der Waals surface area contributed by atoms with Gasteiger partial charge < -0.3 is 10.1 Å². The van der Waals surface area contributed by atoms with Crippen LogP contribution in [0.15, 0.2) is 30.3 Å². The molecule has 3 nitrogen and oxygen atoms in total. The Kier molecular flexibility index (Phi) is 4.15. The molecule has 1 heterocycles. The SMILES string of the molecule is CC1(C)CN(COCc2ccccc2)CCN1. The zero-order chi connectivity index (χ0) is 12.1. The summed E-state index contributed by atoms with van der Waals surface area (Å²) in [5.74, 6) is 0. The third-order valence-corrected chi connectivity index (χ3v) is 3.04. The maximum Gasteiger partial charge on any atom is 0.0995 e. The first kappa shape index (κ1) is 12.6. The lowest BCUT2D eigenvalue weighted by atomic mass is 10.0. The summed E-state index contributed by atoms with van der Waals surface area (Å²) in [7, 11) is 0. The topological polar surface area (TPSA) is 24.5 Å². The van der Waals surface area contributed by atoms with Gasteiger partial charge in [-0.05, 0) is 19.4 Å². The van der Waals surface area contributed by atoms with Crippen LogP contribution in [0.4, 0.5) is 0 Å². The van der Waals surface area contributed by atoms with Crippen LogP contribution in [0.5, 0.6) is 0 Å². The molecule has 0 spiro atoms. The summed E-state index contributed by atoms with van der Waals surface area (Å²) in [6.07, 6.45) is 0. The first-order chi connectivity index (χ1) is 8.16. The van der Waals surface area contributed by atoms with Crippen molar-refractivity contribution in [2.75, 3.05) is 26.4 Å². The van der Waals surface area contributed by atoms with Gasteiger partial charge in [0.1, 0.15) is 0 Å². The van der Waals surface area contributed by atoms with Crippen molar-refractivity contribution < 1.29 is 4.74 Å². The highest BCUT2D eigenvalue weighted by Gasteiger charge is 2.25. The van der Waals surface area contributed by atoms with Gasteiger partial charge in [-0.2, -0.15) is 0 Å². The van der Waals surface area contributed by atoms with E-state index in [2.05, 4.69) is 36.2 Å². The number of nitrogens with one attached hydrogen (secondary N) is 1. The molecule has 0 aromatic heterocycles. The molecule has 0 amide bonds. The van der Waals surface area contributed by atoms with Crippen LogP contribution in [0, 0.1) is 0 Å². The second-order valence-electron chi connectivity index (χ2n) is 5.33. The molecule has 1 fully saturated rings. The second-order valence-corrected chi connectivity index (χ2v) is 5.33. The van der Waals surface area contributed by atoms with E-state index in [0.29, 0.717) is 6.61 Å². The molecule has 94 valence electrons. The van der Waals surface area contributed by atoms with Gasteiger partial charge in [0.15, 0.2) is 0 Å². The Balaban J connectivity index is 1.72. The van der Waals surface area contributed by atoms with Gasteiger partial charge in [-0.15, -0.1) is 0 Å². The Hall–Kier alpha value is -0.900. The number of hydrogen-bond acceptors (Lipinski definition) is 3. The lowest BCUT2D eigenvalue weighted by molar-refractivity contribution is -0.00502. The zero-order valence-electron chi connectivity index (χ0n) is 10.8. The third-order valence-electron chi connectivity index (χ3n) is 3.04. The maximum atomic E-state index is 5.75. The average Bonchev–Trinajstić information content (AvgIpc) is 2.29. The summed E-state index contributed by atoms with van der Waals surface area (Å²) >= 11 is 0. The lowest BCUT2D eigenvalue weighted by Gasteiger charge is -2.38. The van der Waals surface area contributed by atoms with E-state index >= 15 is 0 Å². The van der Waals surface area contributed by atoms with E-state index in [4.69, 9.17) is 4.74 Å². The van der Waals surface area contributed by atoms with Crippen LogP contribution in [0.2, 0.25) is 0 Å². The molecule has 0 unspecified atom stereocenters. The minimum atomic E-state index is 0.203. The summed E-state index contributed by atoms with van der Waals surface area (Å²) in [6.45, 7) is 9.04. The number of hydrogen-bond donors (Lipinski definition) is 1. The fraction of sp³-hybridized carbons (Fsp3) is 0.571. The van der Waals surface area contributed by atoms with E-state index in [9.17, 15) is 0 Å². The van der Waals surface area contributed by atoms with Gasteiger partial charge in [-0.3, -0.25) is 4.90 Å². The molecule has 17 heavy (non-hydrogen) atoms. The van der Waals surface area contributed by atoms with E-state index < -0.39 is 0 Å². The van der Waals surface area contributed by atoms with Gasteiger partial charge in [0.05, 0.1) is 13.3 Å². The Morgan fingerprint density at radius 1 is 1.29 bits per heavy atom. The Morgan fingerprint density at radius 2 is 2.06 bits per heavy atom. The molecule has 1 N–H and O–H groups in total. The maximum absolute atomic E-state index is 5.75. The van der Waals surface area contributed by atoms with Crippen molar-refractivity contribution in [3.63, 3.8) is 0 Å². The van der Waals surface area contributed by atoms with Gasteiger partial charge in [0, 0.05) is 25.2 Å². The molecule has 0 radical (unpaired) electrons. The fourth-order valence-corrected chi connectivity index (χ4v) is 2.22. The molecule has 0 bridgehead atoms. The lowest BCUT2D eigenvalue weighted by Crippen LogP contribution is -2.57. The summed E-state index contributed by atoms with van der Waals surface area (Å²) in [5.41, 5.74) is 1.44. The molecular formula is C14H22N2O. The van der Waals surface area contributed by atoms with E-state index in [-0.39, 0.29) is 5.54 Å². The van der Waals surface area contributed by atoms with E-state index in [1.54, 1.807) is 0 Å².